The van der Waals surface area contributed by atoms with E-state index < -0.39 is 0 Å². The molecule has 2 aromatic rings. The minimum absolute atomic E-state index is 0.0222. The largest absolute Gasteiger partial charge is 0.506 e. The fourth-order valence-electron chi connectivity index (χ4n) is 1.25. The molecule has 14 heavy (non-hydrogen) atoms. The highest BCUT2D eigenvalue weighted by molar-refractivity contribution is 6.32. The average molecular weight is 210 g/mol. The predicted molar refractivity (Wildman–Crippen MR) is 53.4 cm³/mol. The Morgan fingerprint density at radius 3 is 2.86 bits per heavy atom. The lowest BCUT2D eigenvalue weighted by Crippen LogP contribution is -1.79. The molecule has 0 aliphatic rings. The van der Waals surface area contributed by atoms with Gasteiger partial charge in [-0.05, 0) is 19.1 Å². The number of phenolic OH excluding ortho intramolecular Hbond substituents is 1. The van der Waals surface area contributed by atoms with E-state index in [0.29, 0.717) is 16.3 Å². The highest BCUT2D eigenvalue weighted by atomic mass is 35.5. The summed E-state index contributed by atoms with van der Waals surface area (Å²) >= 11 is 5.77. The normalized spacial score (nSPS) is 10.4. The average Bonchev–Trinajstić information content (AvgIpc) is 2.57. The van der Waals surface area contributed by atoms with Crippen LogP contribution in [0.3, 0.4) is 0 Å². The minimum atomic E-state index is 0.0222. The Morgan fingerprint density at radius 1 is 1.43 bits per heavy atom. The quantitative estimate of drug-likeness (QED) is 0.785. The Kier molecular flexibility index (Phi) is 2.17. The number of para-hydroxylation sites is 1. The van der Waals surface area contributed by atoms with Crippen molar-refractivity contribution in [1.29, 1.82) is 0 Å². The monoisotopic (exact) mass is 209 g/mol. The van der Waals surface area contributed by atoms with Gasteiger partial charge in [-0.25, -0.2) is 0 Å². The first-order chi connectivity index (χ1) is 6.70. The van der Waals surface area contributed by atoms with Crippen molar-refractivity contribution in [2.24, 2.45) is 0 Å². The van der Waals surface area contributed by atoms with Gasteiger partial charge >= 0.3 is 0 Å². The Balaban J connectivity index is 2.63. The molecule has 0 amide bonds. The van der Waals surface area contributed by atoms with Crippen LogP contribution in [0.15, 0.2) is 28.9 Å². The molecule has 1 aromatic carbocycles. The molecule has 0 atom stereocenters. The van der Waals surface area contributed by atoms with Crippen molar-refractivity contribution < 1.29 is 9.63 Å². The van der Waals surface area contributed by atoms with Crippen molar-refractivity contribution in [1.82, 2.24) is 5.16 Å². The third-order valence-corrected chi connectivity index (χ3v) is 2.28. The van der Waals surface area contributed by atoms with E-state index in [1.54, 1.807) is 24.4 Å². The summed E-state index contributed by atoms with van der Waals surface area (Å²) in [5.41, 5.74) is 1.43. The molecule has 0 radical (unpaired) electrons. The molecule has 0 saturated carbocycles. The Hall–Kier alpha value is -1.48. The third kappa shape index (κ3) is 1.36. The molecular formula is C10H8ClNO2. The molecule has 2 rings (SSSR count). The fraction of sp³-hybridized carbons (Fsp3) is 0.100. The van der Waals surface area contributed by atoms with Crippen molar-refractivity contribution in [2.75, 3.05) is 0 Å². The molecule has 0 aliphatic heterocycles. The first-order valence-electron chi connectivity index (χ1n) is 4.09. The summed E-state index contributed by atoms with van der Waals surface area (Å²) in [5.74, 6) is 0.569. The second-order valence-electron chi connectivity index (χ2n) is 2.97. The Bertz CT molecular complexity index is 465. The molecule has 0 fully saturated rings. The first-order valence-corrected chi connectivity index (χ1v) is 4.47. The number of hydrogen-bond donors (Lipinski definition) is 1. The van der Waals surface area contributed by atoms with E-state index in [0.717, 1.165) is 5.56 Å². The van der Waals surface area contributed by atoms with Gasteiger partial charge in [-0.15, -0.1) is 0 Å². The number of benzene rings is 1. The molecule has 1 N–H and O–H groups in total. The number of rotatable bonds is 1. The summed E-state index contributed by atoms with van der Waals surface area (Å²) in [6.45, 7) is 1.85. The molecule has 0 unspecified atom stereocenters. The third-order valence-electron chi connectivity index (χ3n) is 1.98. The predicted octanol–water partition coefficient (Wildman–Crippen LogP) is 3.01. The number of phenols is 1. The molecule has 4 heteroatoms. The standard InChI is InChI=1S/C10H8ClNO2/c1-6-5-12-14-10(6)7-3-2-4-8(11)9(7)13/h2-5,13H,1H3. The van der Waals surface area contributed by atoms with E-state index in [1.165, 1.54) is 0 Å². The Morgan fingerprint density at radius 2 is 2.21 bits per heavy atom. The van der Waals surface area contributed by atoms with Crippen LogP contribution in [0.5, 0.6) is 5.75 Å². The minimum Gasteiger partial charge on any atom is -0.506 e. The SMILES string of the molecule is Cc1cnoc1-c1cccc(Cl)c1O. The van der Waals surface area contributed by atoms with Gasteiger partial charge in [0.15, 0.2) is 5.76 Å². The van der Waals surface area contributed by atoms with E-state index in [4.69, 9.17) is 16.1 Å². The van der Waals surface area contributed by atoms with Gasteiger partial charge < -0.3 is 9.63 Å². The zero-order valence-electron chi connectivity index (χ0n) is 7.49. The van der Waals surface area contributed by atoms with Gasteiger partial charge in [-0.1, -0.05) is 22.8 Å². The van der Waals surface area contributed by atoms with Gasteiger partial charge in [0.2, 0.25) is 0 Å². The number of halogens is 1. The van der Waals surface area contributed by atoms with Crippen molar-refractivity contribution in [3.63, 3.8) is 0 Å². The van der Waals surface area contributed by atoms with Gasteiger partial charge in [0.05, 0.1) is 16.8 Å². The highest BCUT2D eigenvalue weighted by Crippen LogP contribution is 2.36. The molecule has 3 nitrogen and oxygen atoms in total. The molecule has 0 aliphatic carbocycles. The van der Waals surface area contributed by atoms with E-state index >= 15 is 0 Å². The lowest BCUT2D eigenvalue weighted by atomic mass is 10.1. The summed E-state index contributed by atoms with van der Waals surface area (Å²) in [5, 5.41) is 13.6. The summed E-state index contributed by atoms with van der Waals surface area (Å²) in [4.78, 5) is 0. The van der Waals surface area contributed by atoms with Crippen LogP contribution in [-0.2, 0) is 0 Å². The van der Waals surface area contributed by atoms with Gasteiger partial charge in [-0.3, -0.25) is 0 Å². The van der Waals surface area contributed by atoms with Crippen LogP contribution in [0.2, 0.25) is 5.02 Å². The zero-order valence-corrected chi connectivity index (χ0v) is 8.25. The van der Waals surface area contributed by atoms with Crippen molar-refractivity contribution >= 4 is 11.6 Å². The molecule has 0 bridgehead atoms. The van der Waals surface area contributed by atoms with E-state index in [-0.39, 0.29) is 5.75 Å². The van der Waals surface area contributed by atoms with E-state index in [2.05, 4.69) is 5.16 Å². The highest BCUT2D eigenvalue weighted by Gasteiger charge is 2.13. The van der Waals surface area contributed by atoms with Crippen molar-refractivity contribution in [2.45, 2.75) is 6.92 Å². The summed E-state index contributed by atoms with van der Waals surface area (Å²) in [6, 6.07) is 5.10. The first kappa shape index (κ1) is 9.09. The lowest BCUT2D eigenvalue weighted by molar-refractivity contribution is 0.426. The fourth-order valence-corrected chi connectivity index (χ4v) is 1.42. The zero-order chi connectivity index (χ0) is 10.1. The van der Waals surface area contributed by atoms with Gasteiger partial charge in [-0.2, -0.15) is 0 Å². The number of aromatic hydroxyl groups is 1. The van der Waals surface area contributed by atoms with Gasteiger partial charge in [0.25, 0.3) is 0 Å². The number of nitrogens with zero attached hydrogens (tertiary/aromatic N) is 1. The second-order valence-corrected chi connectivity index (χ2v) is 3.38. The maximum absolute atomic E-state index is 9.67. The van der Waals surface area contributed by atoms with Gasteiger partial charge in [0, 0.05) is 5.56 Å². The van der Waals surface area contributed by atoms with Crippen molar-refractivity contribution in [3.8, 4) is 17.1 Å². The maximum Gasteiger partial charge on any atom is 0.173 e. The molecule has 0 spiro atoms. The summed E-state index contributed by atoms with van der Waals surface area (Å²) < 4.78 is 5.02. The van der Waals surface area contributed by atoms with Crippen LogP contribution in [0.25, 0.3) is 11.3 Å². The van der Waals surface area contributed by atoms with Crippen molar-refractivity contribution in [3.05, 3.63) is 35.0 Å². The molecule has 0 saturated heterocycles. The smallest absolute Gasteiger partial charge is 0.173 e. The molecular weight excluding hydrogens is 202 g/mol. The van der Waals surface area contributed by atoms with Gasteiger partial charge in [0.1, 0.15) is 5.75 Å². The summed E-state index contributed by atoms with van der Waals surface area (Å²) in [7, 11) is 0. The number of hydrogen-bond acceptors (Lipinski definition) is 3. The number of aromatic nitrogens is 1. The lowest BCUT2D eigenvalue weighted by Gasteiger charge is -2.02. The topological polar surface area (TPSA) is 46.3 Å². The maximum atomic E-state index is 9.67. The molecule has 1 heterocycles. The van der Waals surface area contributed by atoms with Crippen LogP contribution in [-0.4, -0.2) is 10.3 Å². The van der Waals surface area contributed by atoms with Crippen LogP contribution in [0, 0.1) is 6.92 Å². The van der Waals surface area contributed by atoms with Crippen LogP contribution in [0.1, 0.15) is 5.56 Å². The second kappa shape index (κ2) is 3.35. The van der Waals surface area contributed by atoms with E-state index in [1.807, 2.05) is 6.92 Å². The Labute approximate surface area is 85.9 Å². The molecule has 1 aromatic heterocycles. The summed E-state index contributed by atoms with van der Waals surface area (Å²) in [6.07, 6.45) is 1.59. The molecule has 72 valence electrons. The van der Waals surface area contributed by atoms with E-state index in [9.17, 15) is 5.11 Å². The van der Waals surface area contributed by atoms with Crippen LogP contribution >= 0.6 is 11.6 Å². The van der Waals surface area contributed by atoms with Crippen LogP contribution in [0.4, 0.5) is 0 Å². The van der Waals surface area contributed by atoms with Crippen LogP contribution < -0.4 is 0 Å². The number of aryl methyl sites for hydroxylation is 1.